The number of carboxylic acid groups (broad SMARTS) is 1. The van der Waals surface area contributed by atoms with Crippen molar-refractivity contribution in [3.05, 3.63) is 69.3 Å². The number of carboxylic acids is 1. The third-order valence-corrected chi connectivity index (χ3v) is 4.12. The fourth-order valence-corrected chi connectivity index (χ4v) is 2.66. The van der Waals surface area contributed by atoms with E-state index in [-0.39, 0.29) is 23.6 Å². The molecule has 0 aliphatic rings. The molecule has 0 radical (unpaired) electrons. The summed E-state index contributed by atoms with van der Waals surface area (Å²) in [5.41, 5.74) is 1.72. The van der Waals surface area contributed by atoms with Crippen LogP contribution in [0, 0.1) is 10.1 Å². The van der Waals surface area contributed by atoms with Crippen LogP contribution < -0.4 is 10.6 Å². The van der Waals surface area contributed by atoms with Crippen LogP contribution >= 0.6 is 0 Å². The first-order valence-electron chi connectivity index (χ1n) is 8.84. The number of anilines is 1. The molecule has 2 amide bonds. The van der Waals surface area contributed by atoms with E-state index in [2.05, 4.69) is 10.6 Å². The van der Waals surface area contributed by atoms with E-state index in [0.29, 0.717) is 16.8 Å². The standard InChI is InChI=1S/C20H21N3O6/c1-12(2)16-8-5-14(10-17(16)23(28)29)20(27)22-15-6-3-13(4-7-15)9-18(24)21-11-19(25)26/h3-8,10,12H,9,11H2,1-2H3,(H,21,24)(H,22,27)(H,25,26). The lowest BCUT2D eigenvalue weighted by atomic mass is 9.99. The van der Waals surface area contributed by atoms with Crippen LogP contribution in [0.1, 0.15) is 41.3 Å². The van der Waals surface area contributed by atoms with Crippen LogP contribution in [0.3, 0.4) is 0 Å². The van der Waals surface area contributed by atoms with Crippen LogP contribution in [0.25, 0.3) is 0 Å². The molecular formula is C20H21N3O6. The second kappa shape index (κ2) is 9.45. The molecule has 2 aromatic carbocycles. The molecule has 0 aliphatic carbocycles. The number of nitro groups is 1. The minimum atomic E-state index is -1.13. The summed E-state index contributed by atoms with van der Waals surface area (Å²) in [6.07, 6.45) is 0.00433. The normalized spacial score (nSPS) is 10.4. The van der Waals surface area contributed by atoms with E-state index in [1.54, 1.807) is 36.4 Å². The molecule has 9 nitrogen and oxygen atoms in total. The van der Waals surface area contributed by atoms with Gasteiger partial charge in [0.05, 0.1) is 11.3 Å². The lowest BCUT2D eigenvalue weighted by molar-refractivity contribution is -0.385. The predicted molar refractivity (Wildman–Crippen MR) is 106 cm³/mol. The summed E-state index contributed by atoms with van der Waals surface area (Å²) >= 11 is 0. The van der Waals surface area contributed by atoms with Crippen molar-refractivity contribution in [3.8, 4) is 0 Å². The Balaban J connectivity index is 2.05. The van der Waals surface area contributed by atoms with Crippen molar-refractivity contribution in [2.75, 3.05) is 11.9 Å². The smallest absolute Gasteiger partial charge is 0.322 e. The molecule has 152 valence electrons. The van der Waals surface area contributed by atoms with E-state index in [1.165, 1.54) is 6.07 Å². The van der Waals surface area contributed by atoms with E-state index in [9.17, 15) is 24.5 Å². The molecule has 0 unspecified atom stereocenters. The van der Waals surface area contributed by atoms with Gasteiger partial charge in [-0.05, 0) is 29.7 Å². The predicted octanol–water partition coefficient (Wildman–Crippen LogP) is 2.71. The third-order valence-electron chi connectivity index (χ3n) is 4.12. The summed E-state index contributed by atoms with van der Waals surface area (Å²) in [6, 6.07) is 10.8. The van der Waals surface area contributed by atoms with Crippen molar-refractivity contribution >= 4 is 29.2 Å². The van der Waals surface area contributed by atoms with Gasteiger partial charge in [-0.25, -0.2) is 0 Å². The number of nitro benzene ring substituents is 1. The Kier molecular flexibility index (Phi) is 7.02. The number of hydrogen-bond donors (Lipinski definition) is 3. The fraction of sp³-hybridized carbons (Fsp3) is 0.250. The molecule has 29 heavy (non-hydrogen) atoms. The van der Waals surface area contributed by atoms with Gasteiger partial charge in [0.2, 0.25) is 5.91 Å². The van der Waals surface area contributed by atoms with Crippen LogP contribution in [0.5, 0.6) is 0 Å². The maximum absolute atomic E-state index is 12.4. The summed E-state index contributed by atoms with van der Waals surface area (Å²) in [4.78, 5) is 45.3. The van der Waals surface area contributed by atoms with Crippen molar-refractivity contribution in [3.63, 3.8) is 0 Å². The van der Waals surface area contributed by atoms with Gasteiger partial charge < -0.3 is 15.7 Å². The topological polar surface area (TPSA) is 139 Å². The number of aliphatic carboxylic acids is 1. The van der Waals surface area contributed by atoms with Gasteiger partial charge in [-0.2, -0.15) is 0 Å². The highest BCUT2D eigenvalue weighted by atomic mass is 16.6. The molecule has 0 bridgehead atoms. The van der Waals surface area contributed by atoms with Gasteiger partial charge in [-0.1, -0.05) is 32.0 Å². The van der Waals surface area contributed by atoms with Crippen LogP contribution in [-0.2, 0) is 16.0 Å². The minimum Gasteiger partial charge on any atom is -0.480 e. The molecule has 0 heterocycles. The molecule has 0 saturated heterocycles. The average molecular weight is 399 g/mol. The zero-order valence-corrected chi connectivity index (χ0v) is 16.0. The highest BCUT2D eigenvalue weighted by Crippen LogP contribution is 2.27. The summed E-state index contributed by atoms with van der Waals surface area (Å²) in [7, 11) is 0. The van der Waals surface area contributed by atoms with Gasteiger partial charge in [0, 0.05) is 22.9 Å². The summed E-state index contributed by atoms with van der Waals surface area (Å²) in [5.74, 6) is -2.09. The highest BCUT2D eigenvalue weighted by Gasteiger charge is 2.19. The van der Waals surface area contributed by atoms with E-state index < -0.39 is 29.3 Å². The SMILES string of the molecule is CC(C)c1ccc(C(=O)Nc2ccc(CC(=O)NCC(=O)O)cc2)cc1[N+](=O)[O-]. The molecule has 9 heteroatoms. The Morgan fingerprint density at radius 3 is 2.31 bits per heavy atom. The largest absolute Gasteiger partial charge is 0.480 e. The molecule has 0 aliphatic heterocycles. The third kappa shape index (κ3) is 6.13. The second-order valence-electron chi connectivity index (χ2n) is 6.68. The molecule has 3 N–H and O–H groups in total. The number of carbonyl (C=O) groups is 3. The maximum atomic E-state index is 12.4. The van der Waals surface area contributed by atoms with Crippen LogP contribution in [0.4, 0.5) is 11.4 Å². The van der Waals surface area contributed by atoms with Crippen molar-refractivity contribution in [2.24, 2.45) is 0 Å². The van der Waals surface area contributed by atoms with E-state index in [4.69, 9.17) is 5.11 Å². The van der Waals surface area contributed by atoms with Gasteiger partial charge in [-0.15, -0.1) is 0 Å². The zero-order valence-electron chi connectivity index (χ0n) is 16.0. The first-order valence-corrected chi connectivity index (χ1v) is 8.84. The summed E-state index contributed by atoms with van der Waals surface area (Å²) in [6.45, 7) is 3.23. The molecule has 0 spiro atoms. The molecule has 2 aromatic rings. The van der Waals surface area contributed by atoms with E-state index in [1.807, 2.05) is 13.8 Å². The van der Waals surface area contributed by atoms with Crippen molar-refractivity contribution in [1.29, 1.82) is 0 Å². The number of nitrogens with one attached hydrogen (secondary N) is 2. The average Bonchev–Trinajstić information content (AvgIpc) is 2.67. The quantitative estimate of drug-likeness (QED) is 0.461. The fourth-order valence-electron chi connectivity index (χ4n) is 2.66. The Hall–Kier alpha value is -3.75. The van der Waals surface area contributed by atoms with Gasteiger partial charge in [0.25, 0.3) is 11.6 Å². The van der Waals surface area contributed by atoms with Crippen molar-refractivity contribution in [1.82, 2.24) is 5.32 Å². The Morgan fingerprint density at radius 1 is 1.10 bits per heavy atom. The van der Waals surface area contributed by atoms with Gasteiger partial charge >= 0.3 is 5.97 Å². The highest BCUT2D eigenvalue weighted by molar-refractivity contribution is 6.04. The Labute approximate surface area is 166 Å². The lowest BCUT2D eigenvalue weighted by Crippen LogP contribution is -2.30. The molecule has 0 fully saturated rings. The molecule has 0 atom stereocenters. The molecule has 0 saturated carbocycles. The number of benzene rings is 2. The van der Waals surface area contributed by atoms with Gasteiger partial charge in [-0.3, -0.25) is 24.5 Å². The number of rotatable bonds is 8. The molecule has 0 aromatic heterocycles. The van der Waals surface area contributed by atoms with Gasteiger partial charge in [0.15, 0.2) is 0 Å². The molecular weight excluding hydrogens is 378 g/mol. The Bertz CT molecular complexity index is 938. The number of carbonyl (C=O) groups excluding carboxylic acids is 2. The summed E-state index contributed by atoms with van der Waals surface area (Å²) < 4.78 is 0. The second-order valence-corrected chi connectivity index (χ2v) is 6.68. The minimum absolute atomic E-state index is 0.00433. The van der Waals surface area contributed by atoms with Gasteiger partial charge in [0.1, 0.15) is 6.54 Å². The van der Waals surface area contributed by atoms with Crippen molar-refractivity contribution < 1.29 is 24.4 Å². The summed E-state index contributed by atoms with van der Waals surface area (Å²) in [5, 5.41) is 24.7. The monoisotopic (exact) mass is 399 g/mol. The lowest BCUT2D eigenvalue weighted by Gasteiger charge is -2.10. The number of amides is 2. The van der Waals surface area contributed by atoms with E-state index >= 15 is 0 Å². The maximum Gasteiger partial charge on any atom is 0.322 e. The number of hydrogen-bond acceptors (Lipinski definition) is 5. The van der Waals surface area contributed by atoms with Crippen molar-refractivity contribution in [2.45, 2.75) is 26.2 Å². The van der Waals surface area contributed by atoms with Crippen LogP contribution in [0.2, 0.25) is 0 Å². The van der Waals surface area contributed by atoms with Crippen LogP contribution in [0.15, 0.2) is 42.5 Å². The first kappa shape index (κ1) is 21.5. The number of nitrogens with zero attached hydrogens (tertiary/aromatic N) is 1. The van der Waals surface area contributed by atoms with Crippen LogP contribution in [-0.4, -0.2) is 34.4 Å². The van der Waals surface area contributed by atoms with E-state index in [0.717, 1.165) is 0 Å². The molecule has 2 rings (SSSR count). The first-order chi connectivity index (χ1) is 13.7. The zero-order chi connectivity index (χ0) is 21.6. The Morgan fingerprint density at radius 2 is 1.76 bits per heavy atom.